The Balaban J connectivity index is 2.22. The number of aliphatic hydroxyl groups is 1. The van der Waals surface area contributed by atoms with Gasteiger partial charge in [-0.3, -0.25) is 10.1 Å². The molecule has 5 amide bonds. The number of nitrogens with zero attached hydrogens (tertiary/aromatic N) is 1. The molecular weight excluding hydrogens is 626 g/mol. The average molecular weight is 684 g/mol. The quantitative estimate of drug-likeness (QED) is 0.0989. The minimum atomic E-state index is -0.646. The number of aliphatic hydroxyl groups excluding tert-OH is 1. The zero-order valence-electron chi connectivity index (χ0n) is 29.7. The molecule has 0 saturated carbocycles. The van der Waals surface area contributed by atoms with E-state index in [0.29, 0.717) is 44.7 Å². The number of hydrogen-bond acceptors (Lipinski definition) is 10. The van der Waals surface area contributed by atoms with Gasteiger partial charge in [-0.15, -0.1) is 0 Å². The highest BCUT2D eigenvalue weighted by Crippen LogP contribution is 2.29. The van der Waals surface area contributed by atoms with Gasteiger partial charge in [0.2, 0.25) is 5.95 Å². The van der Waals surface area contributed by atoms with E-state index >= 15 is 0 Å². The van der Waals surface area contributed by atoms with Crippen LogP contribution < -0.4 is 32.1 Å². The standard InChI is InChI=1S/C32H57N7O9/c1-21(16-32(7,8)20-36-29(44)46-14-13-40)9-11-33-30(45)48-24(4)19-47-28(43)34-12-10-31(5,6)17-22(2)18-35-27(42)39-26-37-23(3)15-25(41)38-26/h15,21-22,24,40H,9-14,16-20H2,1-8H3,(H,33,45)(H,34,43)(H,36,44)(H3,35,37,38,39,41,42). The number of carbonyl (C=O) groups excluding carboxylic acids is 4. The number of H-pyrrole nitrogens is 1. The molecule has 16 nitrogen and oxygen atoms in total. The maximum Gasteiger partial charge on any atom is 0.407 e. The molecule has 0 bridgehead atoms. The van der Waals surface area contributed by atoms with Crippen LogP contribution in [-0.4, -0.2) is 91.5 Å². The van der Waals surface area contributed by atoms with E-state index in [1.54, 1.807) is 13.8 Å². The Bertz CT molecular complexity index is 1220. The van der Waals surface area contributed by atoms with Crippen LogP contribution >= 0.6 is 0 Å². The fraction of sp³-hybridized carbons (Fsp3) is 0.750. The van der Waals surface area contributed by atoms with Gasteiger partial charge in [0, 0.05) is 37.9 Å². The predicted molar refractivity (Wildman–Crippen MR) is 181 cm³/mol. The Kier molecular flexibility index (Phi) is 18.4. The number of rotatable bonds is 20. The van der Waals surface area contributed by atoms with E-state index < -0.39 is 36.0 Å². The number of carbonyl (C=O) groups is 4. The van der Waals surface area contributed by atoms with Crippen LogP contribution in [-0.2, 0) is 14.2 Å². The van der Waals surface area contributed by atoms with E-state index in [4.69, 9.17) is 19.3 Å². The number of urea groups is 1. The predicted octanol–water partition coefficient (Wildman–Crippen LogP) is 3.64. The van der Waals surface area contributed by atoms with Gasteiger partial charge in [0.1, 0.15) is 19.3 Å². The summed E-state index contributed by atoms with van der Waals surface area (Å²) >= 11 is 0. The molecular formula is C32H57N7O9. The summed E-state index contributed by atoms with van der Waals surface area (Å²) in [7, 11) is 0. The molecule has 16 heteroatoms. The monoisotopic (exact) mass is 683 g/mol. The van der Waals surface area contributed by atoms with Crippen molar-refractivity contribution in [1.29, 1.82) is 0 Å². The lowest BCUT2D eigenvalue weighted by Gasteiger charge is -2.28. The number of aryl methyl sites for hydroxylation is 1. The van der Waals surface area contributed by atoms with Crippen molar-refractivity contribution in [3.8, 4) is 0 Å². The lowest BCUT2D eigenvalue weighted by Crippen LogP contribution is -2.36. The lowest BCUT2D eigenvalue weighted by atomic mass is 9.80. The van der Waals surface area contributed by atoms with Crippen LogP contribution in [0.15, 0.2) is 10.9 Å². The molecule has 48 heavy (non-hydrogen) atoms. The molecule has 1 heterocycles. The minimum Gasteiger partial charge on any atom is -0.447 e. The van der Waals surface area contributed by atoms with Crippen molar-refractivity contribution in [2.75, 3.05) is 51.3 Å². The molecule has 7 N–H and O–H groups in total. The number of anilines is 1. The van der Waals surface area contributed by atoms with Crippen molar-refractivity contribution in [2.45, 2.75) is 87.2 Å². The van der Waals surface area contributed by atoms with Gasteiger partial charge in [-0.1, -0.05) is 41.5 Å². The van der Waals surface area contributed by atoms with Gasteiger partial charge < -0.3 is 45.6 Å². The summed E-state index contributed by atoms with van der Waals surface area (Å²) in [5.41, 5.74) is -0.182. The van der Waals surface area contributed by atoms with Gasteiger partial charge >= 0.3 is 24.3 Å². The Morgan fingerprint density at radius 1 is 0.896 bits per heavy atom. The van der Waals surface area contributed by atoms with E-state index in [1.807, 2.05) is 20.8 Å². The minimum absolute atomic E-state index is 0.0486. The molecule has 0 radical (unpaired) electrons. The molecule has 0 fully saturated rings. The maximum atomic E-state index is 12.2. The van der Waals surface area contributed by atoms with Crippen LogP contribution in [0.4, 0.5) is 25.1 Å². The van der Waals surface area contributed by atoms with Crippen molar-refractivity contribution < 1.29 is 38.5 Å². The van der Waals surface area contributed by atoms with Crippen molar-refractivity contribution in [1.82, 2.24) is 31.2 Å². The summed E-state index contributed by atoms with van der Waals surface area (Å²) in [6.45, 7) is 16.8. The third-order valence-electron chi connectivity index (χ3n) is 7.29. The van der Waals surface area contributed by atoms with Gasteiger partial charge in [0.05, 0.1) is 6.61 Å². The lowest BCUT2D eigenvalue weighted by molar-refractivity contribution is 0.0526. The molecule has 0 aliphatic heterocycles. The second kappa shape index (κ2) is 21.0. The number of hydrogen-bond donors (Lipinski definition) is 7. The number of alkyl carbamates (subject to hydrolysis) is 3. The molecule has 3 atom stereocenters. The Morgan fingerprint density at radius 2 is 1.54 bits per heavy atom. The van der Waals surface area contributed by atoms with Crippen LogP contribution in [0.5, 0.6) is 0 Å². The molecule has 1 aromatic heterocycles. The zero-order chi connectivity index (χ0) is 36.3. The van der Waals surface area contributed by atoms with Crippen molar-refractivity contribution in [3.05, 3.63) is 22.1 Å². The highest BCUT2D eigenvalue weighted by Gasteiger charge is 2.24. The summed E-state index contributed by atoms with van der Waals surface area (Å²) in [5.74, 6) is 0.477. The summed E-state index contributed by atoms with van der Waals surface area (Å²) in [5, 5.41) is 22.2. The molecule has 274 valence electrons. The first-order chi connectivity index (χ1) is 22.4. The Labute approximate surface area is 283 Å². The fourth-order valence-electron chi connectivity index (χ4n) is 5.22. The van der Waals surface area contributed by atoms with E-state index in [0.717, 1.165) is 12.8 Å². The normalized spacial score (nSPS) is 13.4. The second-order valence-electron chi connectivity index (χ2n) is 14.0. The number of ether oxygens (including phenoxy) is 3. The molecule has 1 aromatic rings. The van der Waals surface area contributed by atoms with Gasteiger partial charge in [-0.05, 0) is 62.2 Å². The third-order valence-corrected chi connectivity index (χ3v) is 7.29. The number of aromatic amines is 1. The van der Waals surface area contributed by atoms with E-state index in [1.165, 1.54) is 6.07 Å². The molecule has 0 aromatic carbocycles. The van der Waals surface area contributed by atoms with Gasteiger partial charge in [-0.25, -0.2) is 19.2 Å². The van der Waals surface area contributed by atoms with Gasteiger partial charge in [-0.2, -0.15) is 4.98 Å². The van der Waals surface area contributed by atoms with Crippen molar-refractivity contribution >= 4 is 30.3 Å². The highest BCUT2D eigenvalue weighted by molar-refractivity contribution is 5.87. The SMILES string of the molecule is Cc1cc(=O)nc(NC(=O)NCC(C)CC(C)(C)CCNC(=O)OCC(C)OC(=O)NCCC(C)CC(C)(C)CNC(=O)OCCO)[nH]1. The molecule has 0 saturated heterocycles. The topological polar surface area (TPSA) is 222 Å². The number of amides is 5. The van der Waals surface area contributed by atoms with E-state index in [9.17, 15) is 24.0 Å². The summed E-state index contributed by atoms with van der Waals surface area (Å²) < 4.78 is 15.3. The van der Waals surface area contributed by atoms with Crippen LogP contribution in [0.25, 0.3) is 0 Å². The van der Waals surface area contributed by atoms with Crippen molar-refractivity contribution in [3.63, 3.8) is 0 Å². The van der Waals surface area contributed by atoms with E-state index in [2.05, 4.69) is 57.3 Å². The number of aromatic nitrogens is 2. The average Bonchev–Trinajstić information content (AvgIpc) is 2.95. The smallest absolute Gasteiger partial charge is 0.407 e. The zero-order valence-corrected chi connectivity index (χ0v) is 29.7. The van der Waals surface area contributed by atoms with Gasteiger partial charge in [0.25, 0.3) is 5.56 Å². The Morgan fingerprint density at radius 3 is 2.21 bits per heavy atom. The van der Waals surface area contributed by atoms with Gasteiger partial charge in [0.15, 0.2) is 0 Å². The van der Waals surface area contributed by atoms with Crippen LogP contribution in [0.1, 0.15) is 79.8 Å². The molecule has 0 aliphatic carbocycles. The Hall–Kier alpha value is -4.08. The maximum absolute atomic E-state index is 12.2. The van der Waals surface area contributed by atoms with Crippen LogP contribution in [0.2, 0.25) is 0 Å². The first-order valence-corrected chi connectivity index (χ1v) is 16.4. The molecule has 3 unspecified atom stereocenters. The fourth-order valence-corrected chi connectivity index (χ4v) is 5.22. The largest absolute Gasteiger partial charge is 0.447 e. The first-order valence-electron chi connectivity index (χ1n) is 16.4. The molecule has 0 aliphatic rings. The first kappa shape index (κ1) is 41.9. The van der Waals surface area contributed by atoms with Crippen LogP contribution in [0.3, 0.4) is 0 Å². The molecule has 1 rings (SSSR count). The van der Waals surface area contributed by atoms with E-state index in [-0.39, 0.29) is 48.4 Å². The second-order valence-corrected chi connectivity index (χ2v) is 14.0. The summed E-state index contributed by atoms with van der Waals surface area (Å²) in [4.78, 5) is 66.2. The third kappa shape index (κ3) is 20.2. The molecule has 0 spiro atoms. The number of nitrogens with one attached hydrogen (secondary N) is 6. The van der Waals surface area contributed by atoms with Crippen LogP contribution in [0, 0.1) is 29.6 Å². The van der Waals surface area contributed by atoms with Crippen molar-refractivity contribution in [2.24, 2.45) is 22.7 Å². The summed E-state index contributed by atoms with van der Waals surface area (Å²) in [6, 6.07) is 0.866. The summed E-state index contributed by atoms with van der Waals surface area (Å²) in [6.07, 6.45) is 0.532. The highest BCUT2D eigenvalue weighted by atomic mass is 16.6.